The summed E-state index contributed by atoms with van der Waals surface area (Å²) in [6, 6.07) is 11.9. The van der Waals surface area contributed by atoms with Crippen LogP contribution in [0, 0.1) is 6.92 Å². The number of aromatic nitrogens is 3. The van der Waals surface area contributed by atoms with Crippen LogP contribution in [0.1, 0.15) is 5.56 Å². The molecule has 3 rings (SSSR count). The average molecular weight is 329 g/mol. The maximum absolute atomic E-state index is 6.07. The number of nitrogens with zero attached hydrogens (tertiary/aromatic N) is 3. The molecule has 2 N–H and O–H groups in total. The van der Waals surface area contributed by atoms with Gasteiger partial charge in [0, 0.05) is 16.2 Å². The number of benzene rings is 1. The van der Waals surface area contributed by atoms with E-state index in [4.69, 9.17) is 5.73 Å². The fourth-order valence-electron chi connectivity index (χ4n) is 2.02. The minimum absolute atomic E-state index is 0.639. The van der Waals surface area contributed by atoms with E-state index in [1.807, 2.05) is 37.3 Å². The standard InChI is InChI=1S/C15H13BrN4/c1-10-3-2-4-11(7-10)15-13(17)9-20(19-15)14-6-5-12(16)8-18-14/h2-9H,17H2,1H3. The van der Waals surface area contributed by atoms with Crippen molar-refractivity contribution in [3.8, 4) is 17.1 Å². The predicted molar refractivity (Wildman–Crippen MR) is 83.6 cm³/mol. The maximum atomic E-state index is 6.07. The Kier molecular flexibility index (Phi) is 3.28. The molecule has 0 unspecified atom stereocenters. The van der Waals surface area contributed by atoms with E-state index < -0.39 is 0 Å². The Morgan fingerprint density at radius 2 is 2.05 bits per heavy atom. The summed E-state index contributed by atoms with van der Waals surface area (Å²) in [7, 11) is 0. The van der Waals surface area contributed by atoms with Gasteiger partial charge < -0.3 is 5.73 Å². The minimum atomic E-state index is 0.639. The lowest BCUT2D eigenvalue weighted by Gasteiger charge is -2.01. The second-order valence-corrected chi connectivity index (χ2v) is 5.50. The van der Waals surface area contributed by atoms with Gasteiger partial charge in [-0.05, 0) is 41.1 Å². The molecule has 0 bridgehead atoms. The van der Waals surface area contributed by atoms with E-state index in [2.05, 4.69) is 32.1 Å². The molecule has 0 amide bonds. The number of nitrogens with two attached hydrogens (primary N) is 1. The van der Waals surface area contributed by atoms with Crippen molar-refractivity contribution in [2.24, 2.45) is 0 Å². The molecule has 0 atom stereocenters. The van der Waals surface area contributed by atoms with Crippen molar-refractivity contribution in [1.82, 2.24) is 14.8 Å². The van der Waals surface area contributed by atoms with E-state index in [0.29, 0.717) is 5.69 Å². The molecule has 2 heterocycles. The van der Waals surface area contributed by atoms with Gasteiger partial charge in [-0.15, -0.1) is 0 Å². The third-order valence-corrected chi connectivity index (χ3v) is 3.45. The highest BCUT2D eigenvalue weighted by molar-refractivity contribution is 9.10. The molecule has 0 spiro atoms. The molecular weight excluding hydrogens is 316 g/mol. The Morgan fingerprint density at radius 3 is 2.75 bits per heavy atom. The first-order valence-corrected chi connectivity index (χ1v) is 6.97. The molecule has 1 aromatic carbocycles. The van der Waals surface area contributed by atoms with E-state index in [1.54, 1.807) is 17.1 Å². The Labute approximate surface area is 125 Å². The summed E-state index contributed by atoms with van der Waals surface area (Å²) in [5.74, 6) is 0.735. The van der Waals surface area contributed by atoms with Crippen molar-refractivity contribution < 1.29 is 0 Å². The summed E-state index contributed by atoms with van der Waals surface area (Å²) in [5, 5.41) is 4.53. The largest absolute Gasteiger partial charge is 0.396 e. The number of pyridine rings is 1. The summed E-state index contributed by atoms with van der Waals surface area (Å²) < 4.78 is 2.62. The van der Waals surface area contributed by atoms with E-state index in [-0.39, 0.29) is 0 Å². The van der Waals surface area contributed by atoms with Crippen molar-refractivity contribution in [2.45, 2.75) is 6.92 Å². The number of hydrogen-bond acceptors (Lipinski definition) is 3. The number of anilines is 1. The molecule has 2 aromatic heterocycles. The summed E-state index contributed by atoms with van der Waals surface area (Å²) in [5.41, 5.74) is 9.68. The summed E-state index contributed by atoms with van der Waals surface area (Å²) >= 11 is 3.37. The van der Waals surface area contributed by atoms with E-state index in [9.17, 15) is 0 Å². The SMILES string of the molecule is Cc1cccc(-c2nn(-c3ccc(Br)cn3)cc2N)c1. The van der Waals surface area contributed by atoms with Gasteiger partial charge in [0.2, 0.25) is 0 Å². The molecule has 0 aliphatic heterocycles. The van der Waals surface area contributed by atoms with Gasteiger partial charge in [-0.3, -0.25) is 0 Å². The molecule has 0 radical (unpaired) electrons. The number of hydrogen-bond donors (Lipinski definition) is 1. The van der Waals surface area contributed by atoms with Gasteiger partial charge in [0.15, 0.2) is 5.82 Å². The Morgan fingerprint density at radius 1 is 1.20 bits per heavy atom. The molecule has 0 aliphatic carbocycles. The molecular formula is C15H13BrN4. The highest BCUT2D eigenvalue weighted by Crippen LogP contribution is 2.25. The lowest BCUT2D eigenvalue weighted by molar-refractivity contribution is 0.849. The van der Waals surface area contributed by atoms with Crippen molar-refractivity contribution in [3.63, 3.8) is 0 Å². The molecule has 5 heteroatoms. The number of halogens is 1. The van der Waals surface area contributed by atoms with Gasteiger partial charge in [-0.2, -0.15) is 5.10 Å². The Balaban J connectivity index is 2.05. The van der Waals surface area contributed by atoms with Crippen LogP contribution in [-0.4, -0.2) is 14.8 Å². The molecule has 4 nitrogen and oxygen atoms in total. The van der Waals surface area contributed by atoms with Crippen LogP contribution in [0.15, 0.2) is 53.3 Å². The van der Waals surface area contributed by atoms with Gasteiger partial charge in [0.25, 0.3) is 0 Å². The van der Waals surface area contributed by atoms with Crippen LogP contribution in [0.3, 0.4) is 0 Å². The van der Waals surface area contributed by atoms with Gasteiger partial charge in [0.05, 0.1) is 11.9 Å². The normalized spacial score (nSPS) is 10.7. The molecule has 0 saturated carbocycles. The van der Waals surface area contributed by atoms with Gasteiger partial charge >= 0.3 is 0 Å². The number of nitrogen functional groups attached to an aromatic ring is 1. The quantitative estimate of drug-likeness (QED) is 0.782. The minimum Gasteiger partial charge on any atom is -0.396 e. The van der Waals surface area contributed by atoms with Crippen LogP contribution in [-0.2, 0) is 0 Å². The fraction of sp³-hybridized carbons (Fsp3) is 0.0667. The molecule has 0 saturated heterocycles. The fourth-order valence-corrected chi connectivity index (χ4v) is 2.26. The zero-order valence-corrected chi connectivity index (χ0v) is 12.5. The first kappa shape index (κ1) is 12.9. The van der Waals surface area contributed by atoms with Crippen molar-refractivity contribution in [3.05, 3.63) is 58.8 Å². The van der Waals surface area contributed by atoms with Gasteiger partial charge in [-0.25, -0.2) is 9.67 Å². The van der Waals surface area contributed by atoms with Crippen LogP contribution in [0.5, 0.6) is 0 Å². The maximum Gasteiger partial charge on any atom is 0.153 e. The molecule has 0 fully saturated rings. The number of rotatable bonds is 2. The Hall–Kier alpha value is -2.14. The molecule has 0 aliphatic rings. The lowest BCUT2D eigenvalue weighted by atomic mass is 10.1. The van der Waals surface area contributed by atoms with Crippen LogP contribution in [0.4, 0.5) is 5.69 Å². The van der Waals surface area contributed by atoms with Crippen molar-refractivity contribution >= 4 is 21.6 Å². The monoisotopic (exact) mass is 328 g/mol. The number of aryl methyl sites for hydroxylation is 1. The second-order valence-electron chi connectivity index (χ2n) is 4.58. The van der Waals surface area contributed by atoms with Crippen LogP contribution in [0.25, 0.3) is 17.1 Å². The highest BCUT2D eigenvalue weighted by atomic mass is 79.9. The van der Waals surface area contributed by atoms with Crippen LogP contribution < -0.4 is 5.73 Å². The smallest absolute Gasteiger partial charge is 0.153 e. The first-order valence-electron chi connectivity index (χ1n) is 6.17. The lowest BCUT2D eigenvalue weighted by Crippen LogP contribution is -1.97. The first-order chi connectivity index (χ1) is 9.63. The van der Waals surface area contributed by atoms with Gasteiger partial charge in [-0.1, -0.05) is 23.8 Å². The van der Waals surface area contributed by atoms with Gasteiger partial charge in [0.1, 0.15) is 5.69 Å². The molecule has 100 valence electrons. The average Bonchev–Trinajstić information content (AvgIpc) is 2.82. The van der Waals surface area contributed by atoms with E-state index in [0.717, 1.165) is 21.5 Å². The van der Waals surface area contributed by atoms with Crippen molar-refractivity contribution in [2.75, 3.05) is 5.73 Å². The topological polar surface area (TPSA) is 56.7 Å². The zero-order chi connectivity index (χ0) is 14.1. The third-order valence-electron chi connectivity index (χ3n) is 2.98. The highest BCUT2D eigenvalue weighted by Gasteiger charge is 2.10. The van der Waals surface area contributed by atoms with Crippen molar-refractivity contribution in [1.29, 1.82) is 0 Å². The molecule has 3 aromatic rings. The Bertz CT molecular complexity index is 747. The summed E-state index contributed by atoms with van der Waals surface area (Å²) in [6.07, 6.45) is 3.52. The second kappa shape index (κ2) is 5.09. The summed E-state index contributed by atoms with van der Waals surface area (Å²) in [4.78, 5) is 4.31. The molecule has 20 heavy (non-hydrogen) atoms. The summed E-state index contributed by atoms with van der Waals surface area (Å²) in [6.45, 7) is 2.05. The van der Waals surface area contributed by atoms with E-state index in [1.165, 1.54) is 5.56 Å². The van der Waals surface area contributed by atoms with E-state index >= 15 is 0 Å². The predicted octanol–water partition coefficient (Wildman–Crippen LogP) is 3.59. The van der Waals surface area contributed by atoms with Crippen LogP contribution in [0.2, 0.25) is 0 Å². The zero-order valence-electron chi connectivity index (χ0n) is 10.9. The third kappa shape index (κ3) is 2.44. The van der Waals surface area contributed by atoms with Crippen LogP contribution >= 0.6 is 15.9 Å².